The molecular weight excluding hydrogens is 280 g/mol. The maximum absolute atomic E-state index is 11.9. The second-order valence-electron chi connectivity index (χ2n) is 6.63. The van der Waals surface area contributed by atoms with Gasteiger partial charge in [-0.3, -0.25) is 0 Å². The van der Waals surface area contributed by atoms with E-state index in [0.717, 1.165) is 37.3 Å². The Balaban J connectivity index is 1.68. The molecule has 0 spiro atoms. The van der Waals surface area contributed by atoms with Crippen LogP contribution in [0, 0.1) is 11.8 Å². The summed E-state index contributed by atoms with van der Waals surface area (Å²) in [6, 6.07) is -0.323. The van der Waals surface area contributed by atoms with Crippen LogP contribution in [0.1, 0.15) is 39.1 Å². The van der Waals surface area contributed by atoms with Crippen LogP contribution in [0.2, 0.25) is 0 Å². The van der Waals surface area contributed by atoms with E-state index in [4.69, 9.17) is 0 Å². The number of nitrogens with zero attached hydrogens (tertiary/aromatic N) is 4. The average molecular weight is 308 g/mol. The SMILES string of the molecule is C[C@@H]1C[C@@H](C)CN(CCNC(=O)N[C@@H](C)c2nncn2C)C1. The predicted octanol–water partition coefficient (Wildman–Crippen LogP) is 1.15. The molecule has 7 nitrogen and oxygen atoms in total. The number of aryl methyl sites for hydroxylation is 1. The fourth-order valence-corrected chi connectivity index (χ4v) is 3.30. The van der Waals surface area contributed by atoms with Crippen molar-refractivity contribution in [1.29, 1.82) is 0 Å². The third-order valence-electron chi connectivity index (χ3n) is 4.14. The largest absolute Gasteiger partial charge is 0.337 e. The van der Waals surface area contributed by atoms with Gasteiger partial charge in [-0.05, 0) is 25.2 Å². The van der Waals surface area contributed by atoms with Gasteiger partial charge in [-0.15, -0.1) is 10.2 Å². The standard InChI is InChI=1S/C15H28N6O/c1-11-7-12(2)9-21(8-11)6-5-16-15(22)18-13(3)14-19-17-10-20(14)4/h10-13H,5-9H2,1-4H3,(H2,16,18,22)/t11-,12-,13+/m1/s1. The molecule has 7 heteroatoms. The minimum atomic E-state index is -0.164. The topological polar surface area (TPSA) is 75.1 Å². The maximum Gasteiger partial charge on any atom is 0.315 e. The zero-order chi connectivity index (χ0) is 16.1. The number of hydrogen-bond acceptors (Lipinski definition) is 4. The van der Waals surface area contributed by atoms with Crippen LogP contribution >= 0.6 is 0 Å². The monoisotopic (exact) mass is 308 g/mol. The van der Waals surface area contributed by atoms with Crippen molar-refractivity contribution < 1.29 is 4.79 Å². The molecule has 1 aliphatic rings. The smallest absolute Gasteiger partial charge is 0.315 e. The molecule has 0 bridgehead atoms. The van der Waals surface area contributed by atoms with Gasteiger partial charge in [-0.2, -0.15) is 0 Å². The average Bonchev–Trinajstić information content (AvgIpc) is 2.83. The highest BCUT2D eigenvalue weighted by Crippen LogP contribution is 2.20. The quantitative estimate of drug-likeness (QED) is 0.856. The third-order valence-corrected chi connectivity index (χ3v) is 4.14. The first-order chi connectivity index (χ1) is 10.5. The molecule has 1 aromatic heterocycles. The Morgan fingerprint density at radius 3 is 2.68 bits per heavy atom. The zero-order valence-electron chi connectivity index (χ0n) is 14.0. The number of aromatic nitrogens is 3. The Hall–Kier alpha value is -1.63. The van der Waals surface area contributed by atoms with Crippen LogP contribution in [-0.4, -0.2) is 51.9 Å². The number of hydrogen-bond donors (Lipinski definition) is 2. The zero-order valence-corrected chi connectivity index (χ0v) is 14.0. The van der Waals surface area contributed by atoms with Gasteiger partial charge in [-0.1, -0.05) is 13.8 Å². The van der Waals surface area contributed by atoms with E-state index in [-0.39, 0.29) is 12.1 Å². The number of nitrogens with one attached hydrogen (secondary N) is 2. The van der Waals surface area contributed by atoms with Crippen LogP contribution in [0.5, 0.6) is 0 Å². The molecule has 0 aliphatic carbocycles. The van der Waals surface area contributed by atoms with Crippen molar-refractivity contribution in [3.8, 4) is 0 Å². The second kappa shape index (κ2) is 7.58. The number of rotatable bonds is 5. The van der Waals surface area contributed by atoms with Crippen molar-refractivity contribution >= 4 is 6.03 Å². The summed E-state index contributed by atoms with van der Waals surface area (Å²) in [5.74, 6) is 2.23. The van der Waals surface area contributed by atoms with Gasteiger partial charge >= 0.3 is 6.03 Å². The molecule has 1 aromatic rings. The Bertz CT molecular complexity index is 478. The highest BCUT2D eigenvalue weighted by molar-refractivity contribution is 5.74. The highest BCUT2D eigenvalue weighted by Gasteiger charge is 2.21. The van der Waals surface area contributed by atoms with Crippen molar-refractivity contribution in [2.45, 2.75) is 33.2 Å². The molecule has 0 unspecified atom stereocenters. The van der Waals surface area contributed by atoms with Crippen molar-refractivity contribution in [2.24, 2.45) is 18.9 Å². The number of likely N-dealkylation sites (tertiary alicyclic amines) is 1. The van der Waals surface area contributed by atoms with Gasteiger partial charge in [0.1, 0.15) is 6.33 Å². The molecule has 3 atom stereocenters. The number of piperidine rings is 1. The van der Waals surface area contributed by atoms with Gasteiger partial charge in [0, 0.05) is 33.2 Å². The van der Waals surface area contributed by atoms with Crippen molar-refractivity contribution in [3.63, 3.8) is 0 Å². The molecule has 1 aliphatic heterocycles. The first-order valence-electron chi connectivity index (χ1n) is 8.06. The Morgan fingerprint density at radius 1 is 1.41 bits per heavy atom. The van der Waals surface area contributed by atoms with E-state index >= 15 is 0 Å². The lowest BCUT2D eigenvalue weighted by molar-refractivity contribution is 0.142. The van der Waals surface area contributed by atoms with Crippen LogP contribution < -0.4 is 10.6 Å². The molecule has 0 aromatic carbocycles. The number of urea groups is 1. The lowest BCUT2D eigenvalue weighted by Gasteiger charge is -2.34. The first kappa shape index (κ1) is 16.7. The Labute approximate surface area is 132 Å². The van der Waals surface area contributed by atoms with Crippen LogP contribution in [0.3, 0.4) is 0 Å². The molecule has 2 heterocycles. The van der Waals surface area contributed by atoms with Gasteiger partial charge in [0.05, 0.1) is 6.04 Å². The summed E-state index contributed by atoms with van der Waals surface area (Å²) in [7, 11) is 1.87. The molecule has 124 valence electrons. The van der Waals surface area contributed by atoms with E-state index in [0.29, 0.717) is 6.54 Å². The van der Waals surface area contributed by atoms with Crippen molar-refractivity contribution in [2.75, 3.05) is 26.2 Å². The van der Waals surface area contributed by atoms with Crippen molar-refractivity contribution in [1.82, 2.24) is 30.3 Å². The lowest BCUT2D eigenvalue weighted by Crippen LogP contribution is -2.45. The molecule has 22 heavy (non-hydrogen) atoms. The number of carbonyl (C=O) groups is 1. The highest BCUT2D eigenvalue weighted by atomic mass is 16.2. The summed E-state index contributed by atoms with van der Waals surface area (Å²) in [4.78, 5) is 14.4. The van der Waals surface area contributed by atoms with Crippen LogP contribution in [0.25, 0.3) is 0 Å². The van der Waals surface area contributed by atoms with Gasteiger partial charge in [0.2, 0.25) is 0 Å². The lowest BCUT2D eigenvalue weighted by atomic mass is 9.92. The molecule has 2 amide bonds. The number of amides is 2. The summed E-state index contributed by atoms with van der Waals surface area (Å²) in [6.45, 7) is 10.3. The summed E-state index contributed by atoms with van der Waals surface area (Å²) < 4.78 is 1.81. The van der Waals surface area contributed by atoms with Gasteiger partial charge in [0.15, 0.2) is 5.82 Å². The summed E-state index contributed by atoms with van der Waals surface area (Å²) in [6.07, 6.45) is 2.93. The molecular formula is C15H28N6O. The van der Waals surface area contributed by atoms with Crippen LogP contribution in [0.4, 0.5) is 4.79 Å². The predicted molar refractivity (Wildman–Crippen MR) is 85.3 cm³/mol. The summed E-state index contributed by atoms with van der Waals surface area (Å²) in [5, 5.41) is 13.6. The Morgan fingerprint density at radius 2 is 2.09 bits per heavy atom. The molecule has 2 rings (SSSR count). The van der Waals surface area contributed by atoms with Crippen LogP contribution in [0.15, 0.2) is 6.33 Å². The van der Waals surface area contributed by atoms with E-state index in [1.807, 2.05) is 14.0 Å². The van der Waals surface area contributed by atoms with Gasteiger partial charge in [0.25, 0.3) is 0 Å². The van der Waals surface area contributed by atoms with E-state index in [9.17, 15) is 4.79 Å². The minimum absolute atomic E-state index is 0.159. The van der Waals surface area contributed by atoms with Crippen molar-refractivity contribution in [3.05, 3.63) is 12.2 Å². The van der Waals surface area contributed by atoms with Crippen LogP contribution in [-0.2, 0) is 7.05 Å². The fourth-order valence-electron chi connectivity index (χ4n) is 3.30. The summed E-state index contributed by atoms with van der Waals surface area (Å²) in [5.41, 5.74) is 0. The molecule has 0 saturated carbocycles. The number of carbonyl (C=O) groups excluding carboxylic acids is 1. The minimum Gasteiger partial charge on any atom is -0.337 e. The van der Waals surface area contributed by atoms with E-state index in [1.165, 1.54) is 6.42 Å². The van der Waals surface area contributed by atoms with E-state index < -0.39 is 0 Å². The van der Waals surface area contributed by atoms with E-state index in [1.54, 1.807) is 10.9 Å². The molecule has 0 radical (unpaired) electrons. The first-order valence-corrected chi connectivity index (χ1v) is 8.06. The normalized spacial score (nSPS) is 24.0. The van der Waals surface area contributed by atoms with E-state index in [2.05, 4.69) is 39.6 Å². The second-order valence-corrected chi connectivity index (χ2v) is 6.63. The molecule has 1 fully saturated rings. The summed E-state index contributed by atoms with van der Waals surface area (Å²) >= 11 is 0. The molecule has 2 N–H and O–H groups in total. The Kier molecular flexibility index (Phi) is 5.76. The van der Waals surface area contributed by atoms with Gasteiger partial charge < -0.3 is 20.1 Å². The fraction of sp³-hybridized carbons (Fsp3) is 0.800. The maximum atomic E-state index is 11.9. The molecule has 1 saturated heterocycles. The van der Waals surface area contributed by atoms with Gasteiger partial charge in [-0.25, -0.2) is 4.79 Å². The third kappa shape index (κ3) is 4.69.